The lowest BCUT2D eigenvalue weighted by molar-refractivity contribution is 0.270. The van der Waals surface area contributed by atoms with Crippen LogP contribution in [0.5, 0.6) is 0 Å². The number of rotatable bonds is 7. The fraction of sp³-hybridized carbons (Fsp3) is 0.500. The van der Waals surface area contributed by atoms with Crippen LogP contribution in [0.1, 0.15) is 30.9 Å². The predicted octanol–water partition coefficient (Wildman–Crippen LogP) is 2.76. The number of pyridine rings is 1. The molecule has 7 heteroatoms. The molecular weight excluding hydrogens is 391 g/mol. The Morgan fingerprint density at radius 3 is 2.61 bits per heavy atom. The number of halogens is 1. The Labute approximate surface area is 184 Å². The summed E-state index contributed by atoms with van der Waals surface area (Å²) in [5.74, 6) is 1.63. The minimum Gasteiger partial charge on any atom is -0.356 e. The van der Waals surface area contributed by atoms with E-state index >= 15 is 0 Å². The highest BCUT2D eigenvalue weighted by Gasteiger charge is 2.44. The van der Waals surface area contributed by atoms with Crippen LogP contribution in [-0.4, -0.2) is 62.2 Å². The summed E-state index contributed by atoms with van der Waals surface area (Å²) in [7, 11) is 1.78. The largest absolute Gasteiger partial charge is 0.356 e. The van der Waals surface area contributed by atoms with E-state index in [4.69, 9.17) is 0 Å². The Hall–Kier alpha value is -2.67. The molecule has 2 heterocycles. The first-order valence-electron chi connectivity index (χ1n) is 11.2. The van der Waals surface area contributed by atoms with Gasteiger partial charge in [0.1, 0.15) is 11.6 Å². The molecule has 1 saturated heterocycles. The highest BCUT2D eigenvalue weighted by Crippen LogP contribution is 2.47. The second-order valence-corrected chi connectivity index (χ2v) is 8.51. The van der Waals surface area contributed by atoms with Gasteiger partial charge in [0.2, 0.25) is 0 Å². The van der Waals surface area contributed by atoms with Crippen LogP contribution >= 0.6 is 0 Å². The minimum absolute atomic E-state index is 0.0180. The molecule has 6 nitrogen and oxygen atoms in total. The van der Waals surface area contributed by atoms with Gasteiger partial charge in [0.15, 0.2) is 5.96 Å². The first-order valence-corrected chi connectivity index (χ1v) is 11.2. The van der Waals surface area contributed by atoms with Gasteiger partial charge in [-0.1, -0.05) is 19.1 Å². The van der Waals surface area contributed by atoms with E-state index in [0.717, 1.165) is 69.5 Å². The van der Waals surface area contributed by atoms with Crippen LogP contribution in [0.25, 0.3) is 0 Å². The maximum Gasteiger partial charge on any atom is 0.191 e. The van der Waals surface area contributed by atoms with Crippen LogP contribution in [0.3, 0.4) is 0 Å². The Balaban J connectivity index is 1.30. The normalized spacial score (nSPS) is 18.7. The monoisotopic (exact) mass is 424 g/mol. The molecule has 0 radical (unpaired) electrons. The maximum atomic E-state index is 13.6. The molecule has 1 saturated carbocycles. The number of aromatic nitrogens is 1. The third kappa shape index (κ3) is 5.34. The van der Waals surface area contributed by atoms with E-state index in [1.165, 1.54) is 11.6 Å². The van der Waals surface area contributed by atoms with Crippen molar-refractivity contribution in [2.45, 2.75) is 31.7 Å². The fourth-order valence-corrected chi connectivity index (χ4v) is 4.23. The number of piperazine rings is 1. The van der Waals surface area contributed by atoms with Crippen LogP contribution in [0, 0.1) is 5.82 Å². The van der Waals surface area contributed by atoms with Gasteiger partial charge in [-0.2, -0.15) is 0 Å². The molecule has 2 N–H and O–H groups in total. The first kappa shape index (κ1) is 21.6. The van der Waals surface area contributed by atoms with Gasteiger partial charge in [-0.25, -0.2) is 9.37 Å². The molecule has 1 aromatic heterocycles. The number of hydrogen-bond acceptors (Lipinski definition) is 4. The van der Waals surface area contributed by atoms with Crippen molar-refractivity contribution in [1.29, 1.82) is 0 Å². The average Bonchev–Trinajstić information content (AvgIpc) is 3.61. The molecule has 0 unspecified atom stereocenters. The number of hydrogen-bond donors (Lipinski definition) is 2. The summed E-state index contributed by atoms with van der Waals surface area (Å²) < 4.78 is 13.6. The summed E-state index contributed by atoms with van der Waals surface area (Å²) in [5, 5.41) is 6.84. The molecule has 2 fully saturated rings. The highest BCUT2D eigenvalue weighted by molar-refractivity contribution is 5.79. The number of guanidine groups is 1. The van der Waals surface area contributed by atoms with Gasteiger partial charge in [-0.15, -0.1) is 0 Å². The second kappa shape index (κ2) is 9.64. The lowest BCUT2D eigenvalue weighted by Gasteiger charge is -2.34. The van der Waals surface area contributed by atoms with Crippen molar-refractivity contribution in [2.24, 2.45) is 4.99 Å². The molecule has 1 aliphatic heterocycles. The Morgan fingerprint density at radius 1 is 1.13 bits per heavy atom. The van der Waals surface area contributed by atoms with Gasteiger partial charge >= 0.3 is 0 Å². The molecule has 166 valence electrons. The van der Waals surface area contributed by atoms with E-state index in [9.17, 15) is 4.39 Å². The molecule has 4 rings (SSSR count). The molecule has 0 spiro atoms. The SMILES string of the molecule is CCN1CCN(c2cc(CNC(=NC)NCC3(c4cccc(F)c4)CC3)ccn2)CC1. The van der Waals surface area contributed by atoms with Crippen LogP contribution in [0.4, 0.5) is 10.2 Å². The van der Waals surface area contributed by atoms with Crippen molar-refractivity contribution >= 4 is 11.8 Å². The molecule has 2 aromatic rings. The smallest absolute Gasteiger partial charge is 0.191 e. The van der Waals surface area contributed by atoms with Gasteiger partial charge < -0.3 is 20.4 Å². The zero-order chi connectivity index (χ0) is 21.7. The average molecular weight is 425 g/mol. The summed E-state index contributed by atoms with van der Waals surface area (Å²) >= 11 is 0. The maximum absolute atomic E-state index is 13.6. The third-order valence-corrected chi connectivity index (χ3v) is 6.52. The van der Waals surface area contributed by atoms with Crippen molar-refractivity contribution in [1.82, 2.24) is 20.5 Å². The summed E-state index contributed by atoms with van der Waals surface area (Å²) in [6, 6.07) is 11.2. The molecule has 1 aliphatic carbocycles. The second-order valence-electron chi connectivity index (χ2n) is 8.51. The molecule has 1 aromatic carbocycles. The van der Waals surface area contributed by atoms with E-state index in [-0.39, 0.29) is 11.2 Å². The van der Waals surface area contributed by atoms with Gasteiger partial charge in [0.05, 0.1) is 0 Å². The van der Waals surface area contributed by atoms with Crippen LogP contribution in [-0.2, 0) is 12.0 Å². The molecule has 0 amide bonds. The Kier molecular flexibility index (Phi) is 6.70. The van der Waals surface area contributed by atoms with E-state index < -0.39 is 0 Å². The molecule has 0 bridgehead atoms. The topological polar surface area (TPSA) is 55.8 Å². The zero-order valence-electron chi connectivity index (χ0n) is 18.6. The number of nitrogens with zero attached hydrogens (tertiary/aromatic N) is 4. The van der Waals surface area contributed by atoms with E-state index in [1.54, 1.807) is 19.2 Å². The number of anilines is 1. The van der Waals surface area contributed by atoms with Crippen LogP contribution < -0.4 is 15.5 Å². The minimum atomic E-state index is -0.170. The predicted molar refractivity (Wildman–Crippen MR) is 124 cm³/mol. The van der Waals surface area contributed by atoms with E-state index in [0.29, 0.717) is 6.54 Å². The molecule has 2 aliphatic rings. The first-order chi connectivity index (χ1) is 15.1. The lowest BCUT2D eigenvalue weighted by Crippen LogP contribution is -2.46. The summed E-state index contributed by atoms with van der Waals surface area (Å²) in [6.45, 7) is 8.96. The molecule has 0 atom stereocenters. The number of benzene rings is 1. The van der Waals surface area contributed by atoms with E-state index in [2.05, 4.69) is 43.4 Å². The van der Waals surface area contributed by atoms with Crippen LogP contribution in [0.15, 0.2) is 47.6 Å². The zero-order valence-corrected chi connectivity index (χ0v) is 18.6. The van der Waals surface area contributed by atoms with Crippen molar-refractivity contribution < 1.29 is 4.39 Å². The molecule has 31 heavy (non-hydrogen) atoms. The van der Waals surface area contributed by atoms with E-state index in [1.807, 2.05) is 18.3 Å². The number of aliphatic imine (C=N–C) groups is 1. The summed E-state index contributed by atoms with van der Waals surface area (Å²) in [5.41, 5.74) is 2.26. The standard InChI is InChI=1S/C24H33FN6/c1-3-30-11-13-31(14-12-30)22-15-19(7-10-27-22)17-28-23(26-2)29-18-24(8-9-24)20-5-4-6-21(25)16-20/h4-7,10,15-16H,3,8-9,11-14,17-18H2,1-2H3,(H2,26,28,29). The summed E-state index contributed by atoms with van der Waals surface area (Å²) in [6.07, 6.45) is 4.02. The van der Waals surface area contributed by atoms with Gasteiger partial charge in [-0.3, -0.25) is 4.99 Å². The highest BCUT2D eigenvalue weighted by atomic mass is 19.1. The molecular formula is C24H33FN6. The van der Waals surface area contributed by atoms with Gasteiger partial charge in [0.25, 0.3) is 0 Å². The quantitative estimate of drug-likeness (QED) is 0.529. The van der Waals surface area contributed by atoms with Crippen molar-refractivity contribution in [3.05, 3.63) is 59.5 Å². The van der Waals surface area contributed by atoms with Crippen molar-refractivity contribution in [2.75, 3.05) is 51.2 Å². The Morgan fingerprint density at radius 2 is 1.94 bits per heavy atom. The van der Waals surface area contributed by atoms with Crippen molar-refractivity contribution in [3.8, 4) is 0 Å². The fourth-order valence-electron chi connectivity index (χ4n) is 4.23. The number of likely N-dealkylation sites (N-methyl/N-ethyl adjacent to an activating group) is 1. The number of nitrogens with one attached hydrogen (secondary N) is 2. The lowest BCUT2D eigenvalue weighted by atomic mass is 9.96. The summed E-state index contributed by atoms with van der Waals surface area (Å²) in [4.78, 5) is 13.8. The van der Waals surface area contributed by atoms with Crippen molar-refractivity contribution in [3.63, 3.8) is 0 Å². The van der Waals surface area contributed by atoms with Gasteiger partial charge in [-0.05, 0) is 54.8 Å². The Bertz CT molecular complexity index is 902. The van der Waals surface area contributed by atoms with Crippen LogP contribution in [0.2, 0.25) is 0 Å². The third-order valence-electron chi connectivity index (χ3n) is 6.52. The van der Waals surface area contributed by atoms with Gasteiger partial charge in [0, 0.05) is 57.9 Å².